The van der Waals surface area contributed by atoms with Crippen LogP contribution >= 0.6 is 11.3 Å². The fourth-order valence-corrected chi connectivity index (χ4v) is 2.74. The van der Waals surface area contributed by atoms with Crippen LogP contribution < -0.4 is 5.32 Å². The lowest BCUT2D eigenvalue weighted by atomic mass is 10.1. The summed E-state index contributed by atoms with van der Waals surface area (Å²) in [6.45, 7) is 1.35. The standard InChI is InChI=1S/C14H11N3O4S/c1-8(18)15-14-16-9(7-22-14)6-21-17-12(19)10-4-2-3-5-11(10)13(17)20/h2-5,7H,6H2,1H3,(H,15,16,18). The third-order valence-electron chi connectivity index (χ3n) is 2.93. The molecule has 1 aromatic heterocycles. The molecule has 1 N–H and O–H groups in total. The topological polar surface area (TPSA) is 88.6 Å². The van der Waals surface area contributed by atoms with Crippen molar-refractivity contribution in [2.75, 3.05) is 5.32 Å². The second kappa shape index (κ2) is 5.66. The Morgan fingerprint density at radius 3 is 2.50 bits per heavy atom. The Morgan fingerprint density at radius 1 is 1.27 bits per heavy atom. The number of imide groups is 1. The van der Waals surface area contributed by atoms with Gasteiger partial charge in [-0.2, -0.15) is 0 Å². The Bertz CT molecular complexity index is 736. The van der Waals surface area contributed by atoms with Gasteiger partial charge in [-0.15, -0.1) is 16.4 Å². The molecule has 7 nitrogen and oxygen atoms in total. The van der Waals surface area contributed by atoms with E-state index < -0.39 is 11.8 Å². The van der Waals surface area contributed by atoms with E-state index in [1.54, 1.807) is 29.6 Å². The van der Waals surface area contributed by atoms with Gasteiger partial charge >= 0.3 is 0 Å². The molecule has 3 rings (SSSR count). The maximum Gasteiger partial charge on any atom is 0.285 e. The SMILES string of the molecule is CC(=O)Nc1nc(CON2C(=O)c3ccccc3C2=O)cs1. The quantitative estimate of drug-likeness (QED) is 0.869. The summed E-state index contributed by atoms with van der Waals surface area (Å²) in [6, 6.07) is 6.54. The third kappa shape index (κ3) is 2.61. The molecule has 0 saturated heterocycles. The summed E-state index contributed by atoms with van der Waals surface area (Å²) in [5.74, 6) is -1.20. The predicted octanol–water partition coefficient (Wildman–Crippen LogP) is 1.83. The average Bonchev–Trinajstić information content (AvgIpc) is 3.02. The van der Waals surface area contributed by atoms with Crippen molar-refractivity contribution in [1.29, 1.82) is 0 Å². The molecule has 2 aromatic rings. The van der Waals surface area contributed by atoms with Crippen LogP contribution in [0.1, 0.15) is 33.3 Å². The van der Waals surface area contributed by atoms with Gasteiger partial charge in [-0.3, -0.25) is 19.2 Å². The highest BCUT2D eigenvalue weighted by atomic mass is 32.1. The minimum absolute atomic E-state index is 0.0401. The first-order chi connectivity index (χ1) is 10.6. The van der Waals surface area contributed by atoms with Crippen LogP contribution in [0.2, 0.25) is 0 Å². The molecule has 22 heavy (non-hydrogen) atoms. The number of hydroxylamine groups is 2. The number of fused-ring (bicyclic) bond motifs is 1. The van der Waals surface area contributed by atoms with Crippen molar-refractivity contribution in [1.82, 2.24) is 10.0 Å². The van der Waals surface area contributed by atoms with Crippen molar-refractivity contribution in [3.8, 4) is 0 Å². The van der Waals surface area contributed by atoms with E-state index in [0.717, 1.165) is 5.06 Å². The minimum atomic E-state index is -0.488. The average molecular weight is 317 g/mol. The monoisotopic (exact) mass is 317 g/mol. The lowest BCUT2D eigenvalue weighted by Gasteiger charge is -2.11. The maximum absolute atomic E-state index is 12.1. The first-order valence-electron chi connectivity index (χ1n) is 6.39. The van der Waals surface area contributed by atoms with Crippen molar-refractivity contribution in [2.45, 2.75) is 13.5 Å². The smallest absolute Gasteiger partial charge is 0.285 e. The van der Waals surface area contributed by atoms with Crippen LogP contribution in [0.15, 0.2) is 29.6 Å². The van der Waals surface area contributed by atoms with Gasteiger partial charge in [-0.25, -0.2) is 4.98 Å². The molecule has 0 unspecified atom stereocenters. The molecule has 2 heterocycles. The Balaban J connectivity index is 1.68. The largest absolute Gasteiger partial charge is 0.302 e. The molecule has 0 saturated carbocycles. The van der Waals surface area contributed by atoms with Gasteiger partial charge < -0.3 is 5.32 Å². The summed E-state index contributed by atoms with van der Waals surface area (Å²) in [6.07, 6.45) is 0. The molecular formula is C14H11N3O4S. The van der Waals surface area contributed by atoms with E-state index in [1.165, 1.54) is 18.3 Å². The van der Waals surface area contributed by atoms with Gasteiger partial charge in [-0.05, 0) is 12.1 Å². The van der Waals surface area contributed by atoms with Gasteiger partial charge in [-0.1, -0.05) is 12.1 Å². The number of nitrogens with zero attached hydrogens (tertiary/aromatic N) is 2. The van der Waals surface area contributed by atoms with Crippen molar-refractivity contribution in [3.63, 3.8) is 0 Å². The minimum Gasteiger partial charge on any atom is -0.302 e. The highest BCUT2D eigenvalue weighted by molar-refractivity contribution is 7.13. The zero-order valence-corrected chi connectivity index (χ0v) is 12.3. The van der Waals surface area contributed by atoms with Gasteiger partial charge in [0.05, 0.1) is 16.8 Å². The summed E-state index contributed by atoms with van der Waals surface area (Å²) in [5, 5.41) is 5.41. The van der Waals surface area contributed by atoms with Crippen LogP contribution in [0.25, 0.3) is 0 Å². The van der Waals surface area contributed by atoms with Crippen LogP contribution in [-0.2, 0) is 16.2 Å². The number of rotatable bonds is 4. The van der Waals surface area contributed by atoms with E-state index in [4.69, 9.17) is 4.84 Å². The molecule has 0 atom stereocenters. The highest BCUT2D eigenvalue weighted by Crippen LogP contribution is 2.24. The van der Waals surface area contributed by atoms with E-state index in [2.05, 4.69) is 10.3 Å². The van der Waals surface area contributed by atoms with E-state index in [9.17, 15) is 14.4 Å². The molecule has 0 bridgehead atoms. The van der Waals surface area contributed by atoms with Crippen molar-refractivity contribution in [3.05, 3.63) is 46.5 Å². The molecular weight excluding hydrogens is 306 g/mol. The van der Waals surface area contributed by atoms with Gasteiger partial charge in [0.2, 0.25) is 5.91 Å². The van der Waals surface area contributed by atoms with E-state index >= 15 is 0 Å². The van der Waals surface area contributed by atoms with Gasteiger partial charge in [0.15, 0.2) is 5.13 Å². The first-order valence-corrected chi connectivity index (χ1v) is 7.27. The van der Waals surface area contributed by atoms with Crippen LogP contribution in [0, 0.1) is 0 Å². The van der Waals surface area contributed by atoms with E-state index in [0.29, 0.717) is 22.0 Å². The summed E-state index contributed by atoms with van der Waals surface area (Å²) >= 11 is 1.24. The zero-order valence-electron chi connectivity index (χ0n) is 11.5. The molecule has 3 amide bonds. The zero-order chi connectivity index (χ0) is 15.7. The lowest BCUT2D eigenvalue weighted by Crippen LogP contribution is -2.29. The number of anilines is 1. The Labute approximate surface area is 129 Å². The Kier molecular flexibility index (Phi) is 3.70. The molecule has 0 radical (unpaired) electrons. The highest BCUT2D eigenvalue weighted by Gasteiger charge is 2.36. The number of nitrogens with one attached hydrogen (secondary N) is 1. The third-order valence-corrected chi connectivity index (χ3v) is 3.74. The fraction of sp³-hybridized carbons (Fsp3) is 0.143. The van der Waals surface area contributed by atoms with Crippen LogP contribution in [0.3, 0.4) is 0 Å². The molecule has 1 aliphatic rings. The summed E-state index contributed by atoms with van der Waals surface area (Å²) in [5.41, 5.74) is 1.17. The number of benzene rings is 1. The number of hydrogen-bond acceptors (Lipinski definition) is 6. The normalized spacial score (nSPS) is 13.4. The molecule has 1 aromatic carbocycles. The Hall–Kier alpha value is -2.58. The molecule has 0 aliphatic carbocycles. The van der Waals surface area contributed by atoms with Crippen molar-refractivity contribution >= 4 is 34.2 Å². The second-order valence-corrected chi connectivity index (χ2v) is 5.41. The second-order valence-electron chi connectivity index (χ2n) is 4.55. The maximum atomic E-state index is 12.1. The first kappa shape index (κ1) is 14.4. The van der Waals surface area contributed by atoms with Gasteiger partial charge in [0.25, 0.3) is 11.8 Å². The number of thiazole rings is 1. The number of aromatic nitrogens is 1. The molecule has 8 heteroatoms. The van der Waals surface area contributed by atoms with Crippen LogP contribution in [-0.4, -0.2) is 27.8 Å². The lowest BCUT2D eigenvalue weighted by molar-refractivity contribution is -0.114. The number of hydrogen-bond donors (Lipinski definition) is 1. The molecule has 0 fully saturated rings. The van der Waals surface area contributed by atoms with Crippen LogP contribution in [0.4, 0.5) is 5.13 Å². The number of amides is 3. The van der Waals surface area contributed by atoms with Crippen molar-refractivity contribution in [2.24, 2.45) is 0 Å². The van der Waals surface area contributed by atoms with E-state index in [-0.39, 0.29) is 12.5 Å². The van der Waals surface area contributed by atoms with Crippen LogP contribution in [0.5, 0.6) is 0 Å². The van der Waals surface area contributed by atoms with E-state index in [1.807, 2.05) is 0 Å². The van der Waals surface area contributed by atoms with Crippen molar-refractivity contribution < 1.29 is 19.2 Å². The molecule has 0 spiro atoms. The summed E-state index contributed by atoms with van der Waals surface area (Å²) in [7, 11) is 0. The fourth-order valence-electron chi connectivity index (χ4n) is 2.00. The number of carbonyl (C=O) groups excluding carboxylic acids is 3. The summed E-state index contributed by atoms with van der Waals surface area (Å²) < 4.78 is 0. The number of carbonyl (C=O) groups is 3. The molecule has 1 aliphatic heterocycles. The predicted molar refractivity (Wildman–Crippen MR) is 78.1 cm³/mol. The summed E-state index contributed by atoms with van der Waals surface area (Å²) in [4.78, 5) is 44.5. The molecule has 112 valence electrons. The van der Waals surface area contributed by atoms with Gasteiger partial charge in [0, 0.05) is 12.3 Å². The van der Waals surface area contributed by atoms with Gasteiger partial charge in [0.1, 0.15) is 6.61 Å². The Morgan fingerprint density at radius 2 is 1.91 bits per heavy atom.